The van der Waals surface area contributed by atoms with Crippen LogP contribution in [0.2, 0.25) is 10.0 Å². The largest absolute Gasteiger partial charge is 0.466 e. The number of alkyl halides is 3. The van der Waals surface area contributed by atoms with Crippen molar-refractivity contribution in [3.8, 4) is 0 Å². The highest BCUT2D eigenvalue weighted by Gasteiger charge is 2.45. The Hall–Kier alpha value is -2.25. The SMILES string of the molecule is CCOC(=O)C(C)C(c1ccc(Cl)c(NC(=O)[C@H](c2ccc(Cl)cc2)[C@@H](C)C(F)(F)F)c1)C1CC1. The van der Waals surface area contributed by atoms with Gasteiger partial charge in [-0.2, -0.15) is 13.2 Å². The molecule has 190 valence electrons. The quantitative estimate of drug-likeness (QED) is 0.340. The third kappa shape index (κ3) is 6.70. The van der Waals surface area contributed by atoms with Gasteiger partial charge in [-0.05, 0) is 67.0 Å². The van der Waals surface area contributed by atoms with Crippen LogP contribution in [0.25, 0.3) is 0 Å². The molecule has 4 atom stereocenters. The van der Waals surface area contributed by atoms with Crippen molar-refractivity contribution in [2.75, 3.05) is 11.9 Å². The van der Waals surface area contributed by atoms with Gasteiger partial charge >= 0.3 is 12.1 Å². The number of hydrogen-bond donors (Lipinski definition) is 1. The Morgan fingerprint density at radius 2 is 1.66 bits per heavy atom. The van der Waals surface area contributed by atoms with Crippen molar-refractivity contribution in [2.24, 2.45) is 17.8 Å². The van der Waals surface area contributed by atoms with Crippen LogP contribution in [-0.2, 0) is 14.3 Å². The molecule has 0 saturated heterocycles. The number of esters is 1. The van der Waals surface area contributed by atoms with Gasteiger partial charge in [-0.3, -0.25) is 9.59 Å². The van der Waals surface area contributed by atoms with Gasteiger partial charge in [-0.15, -0.1) is 0 Å². The van der Waals surface area contributed by atoms with Crippen molar-refractivity contribution in [3.63, 3.8) is 0 Å². The summed E-state index contributed by atoms with van der Waals surface area (Å²) in [6.07, 6.45) is -2.68. The molecule has 0 aromatic heterocycles. The maximum Gasteiger partial charge on any atom is 0.392 e. The van der Waals surface area contributed by atoms with E-state index in [1.165, 1.54) is 24.3 Å². The molecule has 1 N–H and O–H groups in total. The van der Waals surface area contributed by atoms with Crippen LogP contribution in [-0.4, -0.2) is 24.7 Å². The van der Waals surface area contributed by atoms with Crippen LogP contribution >= 0.6 is 23.2 Å². The van der Waals surface area contributed by atoms with E-state index in [0.29, 0.717) is 5.02 Å². The van der Waals surface area contributed by atoms with E-state index in [0.717, 1.165) is 25.3 Å². The van der Waals surface area contributed by atoms with Gasteiger partial charge in [0, 0.05) is 5.02 Å². The van der Waals surface area contributed by atoms with Crippen LogP contribution in [0.15, 0.2) is 42.5 Å². The van der Waals surface area contributed by atoms with E-state index in [-0.39, 0.29) is 40.7 Å². The van der Waals surface area contributed by atoms with Gasteiger partial charge in [0.05, 0.1) is 35.1 Å². The molecule has 1 saturated carbocycles. The van der Waals surface area contributed by atoms with E-state index in [2.05, 4.69) is 5.32 Å². The molecule has 1 aliphatic carbocycles. The lowest BCUT2D eigenvalue weighted by Crippen LogP contribution is -2.34. The van der Waals surface area contributed by atoms with E-state index < -0.39 is 29.8 Å². The zero-order valence-corrected chi connectivity index (χ0v) is 21.2. The summed E-state index contributed by atoms with van der Waals surface area (Å²) >= 11 is 12.2. The molecule has 0 heterocycles. The minimum Gasteiger partial charge on any atom is -0.466 e. The summed E-state index contributed by atoms with van der Waals surface area (Å²) in [5, 5.41) is 3.15. The first-order valence-corrected chi connectivity index (χ1v) is 12.3. The molecule has 1 fully saturated rings. The van der Waals surface area contributed by atoms with E-state index >= 15 is 0 Å². The van der Waals surface area contributed by atoms with Crippen molar-refractivity contribution >= 4 is 40.8 Å². The van der Waals surface area contributed by atoms with Crippen LogP contribution < -0.4 is 5.32 Å². The van der Waals surface area contributed by atoms with Gasteiger partial charge in [0.2, 0.25) is 5.91 Å². The molecule has 0 spiro atoms. The number of benzene rings is 2. The lowest BCUT2D eigenvalue weighted by molar-refractivity contribution is -0.178. The van der Waals surface area contributed by atoms with Gasteiger partial charge in [0.1, 0.15) is 0 Å². The zero-order chi connectivity index (χ0) is 25.9. The molecule has 1 aliphatic rings. The van der Waals surface area contributed by atoms with Gasteiger partial charge in [0.25, 0.3) is 0 Å². The van der Waals surface area contributed by atoms with Crippen LogP contribution in [0.4, 0.5) is 18.9 Å². The number of hydrogen-bond acceptors (Lipinski definition) is 3. The van der Waals surface area contributed by atoms with Gasteiger partial charge < -0.3 is 10.1 Å². The summed E-state index contributed by atoms with van der Waals surface area (Å²) in [5.74, 6) is -4.89. The Balaban J connectivity index is 1.92. The second kappa shape index (κ2) is 11.2. The number of ether oxygens (including phenoxy) is 1. The number of carbonyl (C=O) groups excluding carboxylic acids is 2. The van der Waals surface area contributed by atoms with Gasteiger partial charge in [-0.25, -0.2) is 0 Å². The summed E-state index contributed by atoms with van der Waals surface area (Å²) in [7, 11) is 0. The number of halogens is 5. The summed E-state index contributed by atoms with van der Waals surface area (Å²) < 4.78 is 46.2. The Kier molecular flexibility index (Phi) is 8.76. The fraction of sp³-hybridized carbons (Fsp3) is 0.462. The van der Waals surface area contributed by atoms with E-state index in [4.69, 9.17) is 27.9 Å². The van der Waals surface area contributed by atoms with Gasteiger partial charge in [-0.1, -0.05) is 55.2 Å². The zero-order valence-electron chi connectivity index (χ0n) is 19.7. The fourth-order valence-electron chi connectivity index (χ4n) is 4.43. The van der Waals surface area contributed by atoms with E-state index in [9.17, 15) is 22.8 Å². The topological polar surface area (TPSA) is 55.4 Å². The van der Waals surface area contributed by atoms with Crippen LogP contribution in [0.1, 0.15) is 56.6 Å². The monoisotopic (exact) mass is 529 g/mol. The van der Waals surface area contributed by atoms with Crippen LogP contribution in [0.5, 0.6) is 0 Å². The molecular weight excluding hydrogens is 502 g/mol. The molecule has 9 heteroatoms. The highest BCUT2D eigenvalue weighted by molar-refractivity contribution is 6.33. The van der Waals surface area contributed by atoms with Crippen LogP contribution in [0.3, 0.4) is 0 Å². The van der Waals surface area contributed by atoms with Crippen molar-refractivity contribution in [2.45, 2.75) is 51.6 Å². The lowest BCUT2D eigenvalue weighted by atomic mass is 9.83. The second-order valence-corrected chi connectivity index (χ2v) is 9.84. The minimum absolute atomic E-state index is 0.150. The molecule has 2 aromatic rings. The third-order valence-corrected chi connectivity index (χ3v) is 7.07. The first kappa shape index (κ1) is 27.3. The first-order chi connectivity index (χ1) is 16.4. The highest BCUT2D eigenvalue weighted by Crippen LogP contribution is 2.48. The standard InChI is InChI=1S/C26H28Cl2F3NO3/c1-4-35-25(34)14(2)22(16-5-6-16)18-9-12-20(28)21(13-18)32-24(33)23(15(3)26(29,30)31)17-7-10-19(27)11-8-17/h7-16,22-23H,4-6H2,1-3H3,(H,32,33)/t14?,15-,22?,23+/m1/s1. The average molecular weight is 530 g/mol. The Morgan fingerprint density at radius 1 is 1.06 bits per heavy atom. The molecule has 0 radical (unpaired) electrons. The Labute approximate surface area is 213 Å². The van der Waals surface area contributed by atoms with Crippen LogP contribution in [0, 0.1) is 17.8 Å². The highest BCUT2D eigenvalue weighted by atomic mass is 35.5. The molecule has 0 bridgehead atoms. The smallest absolute Gasteiger partial charge is 0.392 e. The maximum absolute atomic E-state index is 13.7. The van der Waals surface area contributed by atoms with Crippen molar-refractivity contribution in [1.29, 1.82) is 0 Å². The van der Waals surface area contributed by atoms with Crippen molar-refractivity contribution in [3.05, 3.63) is 63.6 Å². The molecule has 1 amide bonds. The lowest BCUT2D eigenvalue weighted by Gasteiger charge is -2.27. The molecule has 2 unspecified atom stereocenters. The fourth-order valence-corrected chi connectivity index (χ4v) is 4.72. The van der Waals surface area contributed by atoms with Crippen molar-refractivity contribution in [1.82, 2.24) is 0 Å². The maximum atomic E-state index is 13.7. The third-order valence-electron chi connectivity index (χ3n) is 6.49. The molecule has 0 aliphatic heterocycles. The Bertz CT molecular complexity index is 1050. The van der Waals surface area contributed by atoms with Crippen molar-refractivity contribution < 1.29 is 27.5 Å². The summed E-state index contributed by atoms with van der Waals surface area (Å²) in [4.78, 5) is 25.6. The molecule has 4 nitrogen and oxygen atoms in total. The predicted octanol–water partition coefficient (Wildman–Crippen LogP) is 7.61. The van der Waals surface area contributed by atoms with E-state index in [1.54, 1.807) is 32.0 Å². The molecular formula is C26H28Cl2F3NO3. The second-order valence-electron chi connectivity index (χ2n) is 8.99. The number of nitrogens with one attached hydrogen (secondary N) is 1. The average Bonchev–Trinajstić information content (AvgIpc) is 3.62. The number of carbonyl (C=O) groups is 2. The first-order valence-electron chi connectivity index (χ1n) is 11.5. The summed E-state index contributed by atoms with van der Waals surface area (Å²) in [6, 6.07) is 10.7. The predicted molar refractivity (Wildman–Crippen MR) is 131 cm³/mol. The minimum atomic E-state index is -4.60. The molecule has 35 heavy (non-hydrogen) atoms. The summed E-state index contributed by atoms with van der Waals surface area (Å²) in [6.45, 7) is 4.79. The molecule has 3 rings (SSSR count). The number of rotatable bonds is 9. The molecule has 2 aromatic carbocycles. The number of anilines is 1. The number of amides is 1. The Morgan fingerprint density at radius 3 is 2.20 bits per heavy atom. The normalized spacial score (nSPS) is 17.3. The van der Waals surface area contributed by atoms with E-state index in [1.807, 2.05) is 0 Å². The van der Waals surface area contributed by atoms with Gasteiger partial charge in [0.15, 0.2) is 0 Å². The summed E-state index contributed by atoms with van der Waals surface area (Å²) in [5.41, 5.74) is 1.17.